The summed E-state index contributed by atoms with van der Waals surface area (Å²) in [5.74, 6) is 2.45. The maximum absolute atomic E-state index is 11.1. The van der Waals surface area contributed by atoms with Gasteiger partial charge in [-0.25, -0.2) is 4.79 Å². The number of carbonyl (C=O) groups is 1. The third-order valence-corrected chi connectivity index (χ3v) is 5.39. The number of hydrogen-bond acceptors (Lipinski definition) is 2. The Kier molecular flexibility index (Phi) is 3.22. The standard InChI is InChI=1S/C14H25N3O/c1-8-5-6-11-10(7-8)9-3-2-4-12(13(9)16-11)17-14(15)18/h8-13,16H,2-7H2,1H3,(H3,15,17,18). The molecule has 0 spiro atoms. The number of urea groups is 1. The molecule has 1 saturated heterocycles. The van der Waals surface area contributed by atoms with Crippen molar-refractivity contribution in [3.05, 3.63) is 0 Å². The molecule has 3 fully saturated rings. The van der Waals surface area contributed by atoms with Gasteiger partial charge in [-0.05, 0) is 49.9 Å². The van der Waals surface area contributed by atoms with E-state index in [1.165, 1.54) is 32.1 Å². The Morgan fingerprint density at radius 1 is 1.22 bits per heavy atom. The van der Waals surface area contributed by atoms with E-state index in [-0.39, 0.29) is 12.1 Å². The zero-order chi connectivity index (χ0) is 12.7. The smallest absolute Gasteiger partial charge is 0.312 e. The molecule has 1 heterocycles. The summed E-state index contributed by atoms with van der Waals surface area (Å²) < 4.78 is 0. The lowest BCUT2D eigenvalue weighted by atomic mass is 9.70. The molecule has 0 bridgehead atoms. The van der Waals surface area contributed by atoms with E-state index >= 15 is 0 Å². The van der Waals surface area contributed by atoms with Crippen molar-refractivity contribution in [2.24, 2.45) is 23.5 Å². The van der Waals surface area contributed by atoms with Crippen molar-refractivity contribution in [1.29, 1.82) is 0 Å². The molecular weight excluding hydrogens is 226 g/mol. The molecule has 2 saturated carbocycles. The van der Waals surface area contributed by atoms with E-state index in [4.69, 9.17) is 5.73 Å². The molecule has 3 aliphatic rings. The van der Waals surface area contributed by atoms with Gasteiger partial charge in [-0.2, -0.15) is 0 Å². The SMILES string of the molecule is CC1CCC2NC3C(NC(N)=O)CCCC3C2C1. The number of carbonyl (C=O) groups excluding carboxylic acids is 1. The van der Waals surface area contributed by atoms with Gasteiger partial charge >= 0.3 is 6.03 Å². The van der Waals surface area contributed by atoms with E-state index in [1.54, 1.807) is 0 Å². The van der Waals surface area contributed by atoms with Crippen LogP contribution in [0.25, 0.3) is 0 Å². The maximum Gasteiger partial charge on any atom is 0.312 e. The number of fused-ring (bicyclic) bond motifs is 3. The van der Waals surface area contributed by atoms with Gasteiger partial charge in [0, 0.05) is 18.1 Å². The summed E-state index contributed by atoms with van der Waals surface area (Å²) in [5.41, 5.74) is 5.30. The topological polar surface area (TPSA) is 67.2 Å². The first-order valence-corrected chi connectivity index (χ1v) is 7.47. The molecule has 0 radical (unpaired) electrons. The Bertz CT molecular complexity index is 333. The van der Waals surface area contributed by atoms with Crippen LogP contribution in [0.1, 0.15) is 45.4 Å². The van der Waals surface area contributed by atoms with Crippen LogP contribution in [0.4, 0.5) is 4.79 Å². The third kappa shape index (κ3) is 2.11. The van der Waals surface area contributed by atoms with Crippen molar-refractivity contribution in [2.45, 2.75) is 63.6 Å². The molecule has 4 nitrogen and oxygen atoms in total. The number of nitrogens with two attached hydrogens (primary N) is 1. The fraction of sp³-hybridized carbons (Fsp3) is 0.929. The first-order chi connectivity index (χ1) is 8.65. The van der Waals surface area contributed by atoms with E-state index in [2.05, 4.69) is 17.6 Å². The van der Waals surface area contributed by atoms with Crippen molar-refractivity contribution in [3.63, 3.8) is 0 Å². The molecule has 0 aromatic rings. The Morgan fingerprint density at radius 3 is 2.83 bits per heavy atom. The zero-order valence-corrected chi connectivity index (χ0v) is 11.2. The van der Waals surface area contributed by atoms with E-state index in [9.17, 15) is 4.79 Å². The predicted molar refractivity (Wildman–Crippen MR) is 71.1 cm³/mol. The lowest BCUT2D eigenvalue weighted by Crippen LogP contribution is -2.54. The van der Waals surface area contributed by atoms with Crippen LogP contribution in [0.15, 0.2) is 0 Å². The van der Waals surface area contributed by atoms with Crippen molar-refractivity contribution < 1.29 is 4.79 Å². The Labute approximate surface area is 109 Å². The summed E-state index contributed by atoms with van der Waals surface area (Å²) in [5, 5.41) is 6.75. The second kappa shape index (κ2) is 4.72. The van der Waals surface area contributed by atoms with Gasteiger partial charge in [0.1, 0.15) is 0 Å². The molecule has 1 aliphatic heterocycles. The highest BCUT2D eigenvalue weighted by Crippen LogP contribution is 2.45. The van der Waals surface area contributed by atoms with E-state index < -0.39 is 0 Å². The fourth-order valence-corrected chi connectivity index (χ4v) is 4.65. The van der Waals surface area contributed by atoms with E-state index in [0.29, 0.717) is 12.1 Å². The zero-order valence-electron chi connectivity index (χ0n) is 11.2. The molecule has 102 valence electrons. The van der Waals surface area contributed by atoms with Crippen molar-refractivity contribution in [2.75, 3.05) is 0 Å². The van der Waals surface area contributed by atoms with E-state index in [0.717, 1.165) is 24.2 Å². The molecule has 18 heavy (non-hydrogen) atoms. The third-order valence-electron chi connectivity index (χ3n) is 5.39. The van der Waals surface area contributed by atoms with Crippen LogP contribution in [0.5, 0.6) is 0 Å². The van der Waals surface area contributed by atoms with Gasteiger partial charge in [-0.15, -0.1) is 0 Å². The molecule has 3 rings (SSSR count). The Morgan fingerprint density at radius 2 is 2.06 bits per heavy atom. The summed E-state index contributed by atoms with van der Waals surface area (Å²) in [7, 11) is 0. The summed E-state index contributed by atoms with van der Waals surface area (Å²) in [6.45, 7) is 2.38. The fourth-order valence-electron chi connectivity index (χ4n) is 4.65. The van der Waals surface area contributed by atoms with Crippen molar-refractivity contribution in [1.82, 2.24) is 10.6 Å². The second-order valence-corrected chi connectivity index (χ2v) is 6.59. The number of primary amides is 1. The van der Waals surface area contributed by atoms with Crippen molar-refractivity contribution in [3.8, 4) is 0 Å². The second-order valence-electron chi connectivity index (χ2n) is 6.59. The van der Waals surface area contributed by atoms with Crippen LogP contribution in [0.2, 0.25) is 0 Å². The Balaban J connectivity index is 1.73. The first-order valence-electron chi connectivity index (χ1n) is 7.47. The van der Waals surface area contributed by atoms with Gasteiger partial charge in [-0.3, -0.25) is 0 Å². The molecule has 4 N–H and O–H groups in total. The molecule has 2 amide bonds. The number of amides is 2. The molecular formula is C14H25N3O. The van der Waals surface area contributed by atoms with Crippen LogP contribution in [0.3, 0.4) is 0 Å². The van der Waals surface area contributed by atoms with Gasteiger partial charge in [0.15, 0.2) is 0 Å². The summed E-state index contributed by atoms with van der Waals surface area (Å²) in [4.78, 5) is 11.1. The van der Waals surface area contributed by atoms with E-state index in [1.807, 2.05) is 0 Å². The van der Waals surface area contributed by atoms with Crippen LogP contribution < -0.4 is 16.4 Å². The quantitative estimate of drug-likeness (QED) is 0.662. The minimum atomic E-state index is -0.370. The summed E-state index contributed by atoms with van der Waals surface area (Å²) in [6, 6.07) is 1.03. The minimum absolute atomic E-state index is 0.252. The average molecular weight is 251 g/mol. The molecule has 4 heteroatoms. The maximum atomic E-state index is 11.1. The molecule has 6 unspecified atom stereocenters. The first kappa shape index (κ1) is 12.3. The highest BCUT2D eigenvalue weighted by molar-refractivity contribution is 5.72. The lowest BCUT2D eigenvalue weighted by Gasteiger charge is -2.37. The van der Waals surface area contributed by atoms with Gasteiger partial charge in [0.05, 0.1) is 0 Å². The predicted octanol–water partition coefficient (Wildman–Crippen LogP) is 1.60. The highest BCUT2D eigenvalue weighted by Gasteiger charge is 2.48. The molecule has 2 aliphatic carbocycles. The van der Waals surface area contributed by atoms with Crippen LogP contribution in [-0.2, 0) is 0 Å². The number of hydrogen-bond donors (Lipinski definition) is 3. The number of nitrogens with one attached hydrogen (secondary N) is 2. The van der Waals surface area contributed by atoms with Gasteiger partial charge in [0.25, 0.3) is 0 Å². The summed E-state index contributed by atoms with van der Waals surface area (Å²) >= 11 is 0. The van der Waals surface area contributed by atoms with Crippen LogP contribution in [0, 0.1) is 17.8 Å². The van der Waals surface area contributed by atoms with Gasteiger partial charge in [0.2, 0.25) is 0 Å². The molecule has 6 atom stereocenters. The highest BCUT2D eigenvalue weighted by atomic mass is 16.2. The average Bonchev–Trinajstić information content (AvgIpc) is 2.68. The monoisotopic (exact) mass is 251 g/mol. The summed E-state index contributed by atoms with van der Waals surface area (Å²) in [6.07, 6.45) is 7.64. The normalized spacial score (nSPS) is 47.2. The van der Waals surface area contributed by atoms with Crippen molar-refractivity contribution >= 4 is 6.03 Å². The number of rotatable bonds is 1. The molecule has 0 aromatic carbocycles. The van der Waals surface area contributed by atoms with Gasteiger partial charge < -0.3 is 16.4 Å². The molecule has 0 aromatic heterocycles. The van der Waals surface area contributed by atoms with Crippen LogP contribution in [-0.4, -0.2) is 24.2 Å². The minimum Gasteiger partial charge on any atom is -0.352 e. The largest absolute Gasteiger partial charge is 0.352 e. The lowest BCUT2D eigenvalue weighted by molar-refractivity contribution is 0.179. The van der Waals surface area contributed by atoms with Crippen LogP contribution >= 0.6 is 0 Å². The van der Waals surface area contributed by atoms with Gasteiger partial charge in [-0.1, -0.05) is 13.3 Å². The Hall–Kier alpha value is -0.770.